The minimum Gasteiger partial charge on any atom is -0.443 e. The fraction of sp³-hybridized carbons (Fsp3) is 0.333. The molecule has 3 N–H and O–H groups in total. The van der Waals surface area contributed by atoms with E-state index in [0.29, 0.717) is 22.1 Å². The zero-order valence-corrected chi connectivity index (χ0v) is 15.6. The predicted octanol–water partition coefficient (Wildman–Crippen LogP) is 2.87. The second-order valence-corrected chi connectivity index (χ2v) is 6.87. The normalized spacial score (nSPS) is 16.9. The molecule has 0 aromatic carbocycles. The Balaban J connectivity index is 1.48. The minimum absolute atomic E-state index is 0.0567. The number of piperidine rings is 1. The molecule has 4 rings (SSSR count). The van der Waals surface area contributed by atoms with E-state index in [1.807, 2.05) is 0 Å². The van der Waals surface area contributed by atoms with Crippen molar-refractivity contribution in [2.75, 3.05) is 18.6 Å². The number of pyridine rings is 1. The SMILES string of the molecule is O=C(OCNc1nc(-c2c[nH]c3ncc(Cl)cc23)ncc1F)C1CCCCN1. The number of H-pyrrole nitrogens is 1. The van der Waals surface area contributed by atoms with Crippen molar-refractivity contribution in [3.63, 3.8) is 0 Å². The monoisotopic (exact) mass is 404 g/mol. The first-order valence-electron chi connectivity index (χ1n) is 8.91. The number of hydrogen-bond donors (Lipinski definition) is 3. The Morgan fingerprint density at radius 2 is 2.25 bits per heavy atom. The first-order valence-corrected chi connectivity index (χ1v) is 9.29. The van der Waals surface area contributed by atoms with Gasteiger partial charge in [-0.3, -0.25) is 4.79 Å². The van der Waals surface area contributed by atoms with E-state index in [9.17, 15) is 9.18 Å². The van der Waals surface area contributed by atoms with Gasteiger partial charge in [0.15, 0.2) is 24.2 Å². The van der Waals surface area contributed by atoms with E-state index in [4.69, 9.17) is 16.3 Å². The quantitative estimate of drug-likeness (QED) is 0.443. The summed E-state index contributed by atoms with van der Waals surface area (Å²) in [5, 5.41) is 6.99. The van der Waals surface area contributed by atoms with Gasteiger partial charge < -0.3 is 20.4 Å². The maximum absolute atomic E-state index is 14.1. The lowest BCUT2D eigenvalue weighted by atomic mass is 10.1. The van der Waals surface area contributed by atoms with Gasteiger partial charge in [0, 0.05) is 23.3 Å². The van der Waals surface area contributed by atoms with Crippen molar-refractivity contribution in [1.29, 1.82) is 0 Å². The lowest BCUT2D eigenvalue weighted by molar-refractivity contribution is -0.146. The average Bonchev–Trinajstić information content (AvgIpc) is 3.13. The molecular weight excluding hydrogens is 387 g/mol. The van der Waals surface area contributed by atoms with Crippen LogP contribution >= 0.6 is 11.6 Å². The highest BCUT2D eigenvalue weighted by Crippen LogP contribution is 2.28. The number of halogens is 2. The van der Waals surface area contributed by atoms with Crippen LogP contribution < -0.4 is 10.6 Å². The van der Waals surface area contributed by atoms with Crippen molar-refractivity contribution in [3.05, 3.63) is 35.5 Å². The predicted molar refractivity (Wildman–Crippen MR) is 102 cm³/mol. The fourth-order valence-electron chi connectivity index (χ4n) is 3.11. The smallest absolute Gasteiger partial charge is 0.324 e. The van der Waals surface area contributed by atoms with Crippen LogP contribution in [0.3, 0.4) is 0 Å². The molecule has 0 aliphatic carbocycles. The van der Waals surface area contributed by atoms with Crippen LogP contribution in [0.2, 0.25) is 5.02 Å². The van der Waals surface area contributed by atoms with Gasteiger partial charge in [-0.2, -0.15) is 0 Å². The fourth-order valence-corrected chi connectivity index (χ4v) is 3.27. The Hall–Kier alpha value is -2.78. The number of nitrogens with one attached hydrogen (secondary N) is 3. The first-order chi connectivity index (χ1) is 13.6. The standard InChI is InChI=1S/C18H18ClFN6O2/c19-10-5-11-12(7-23-15(11)22-6-10)16-24-8-13(20)17(26-16)25-9-28-18(27)14-3-1-2-4-21-14/h5-8,14,21H,1-4,9H2,(H,22,23)(H,24,25,26). The summed E-state index contributed by atoms with van der Waals surface area (Å²) in [4.78, 5) is 27.5. The van der Waals surface area contributed by atoms with E-state index in [2.05, 4.69) is 30.6 Å². The highest BCUT2D eigenvalue weighted by molar-refractivity contribution is 6.31. The number of anilines is 1. The zero-order chi connectivity index (χ0) is 19.5. The van der Waals surface area contributed by atoms with Crippen LogP contribution in [-0.2, 0) is 9.53 Å². The molecule has 3 aromatic rings. The maximum Gasteiger partial charge on any atom is 0.324 e. The molecule has 1 aliphatic heterocycles. The van der Waals surface area contributed by atoms with E-state index in [1.165, 1.54) is 6.20 Å². The van der Waals surface area contributed by atoms with Crippen molar-refractivity contribution in [1.82, 2.24) is 25.3 Å². The number of aromatic amines is 1. The van der Waals surface area contributed by atoms with Crippen molar-refractivity contribution >= 4 is 34.4 Å². The molecule has 0 bridgehead atoms. The van der Waals surface area contributed by atoms with Crippen molar-refractivity contribution < 1.29 is 13.9 Å². The second kappa shape index (κ2) is 8.07. The summed E-state index contributed by atoms with van der Waals surface area (Å²) >= 11 is 6.01. The number of esters is 1. The molecular formula is C18H18ClFN6O2. The maximum atomic E-state index is 14.1. The molecule has 1 aliphatic rings. The van der Waals surface area contributed by atoms with Gasteiger partial charge in [0.1, 0.15) is 11.7 Å². The van der Waals surface area contributed by atoms with Gasteiger partial charge in [0.25, 0.3) is 0 Å². The molecule has 28 heavy (non-hydrogen) atoms. The van der Waals surface area contributed by atoms with Crippen LogP contribution in [0.25, 0.3) is 22.4 Å². The summed E-state index contributed by atoms with van der Waals surface area (Å²) < 4.78 is 19.3. The van der Waals surface area contributed by atoms with Crippen LogP contribution in [0.15, 0.2) is 24.7 Å². The summed E-state index contributed by atoms with van der Waals surface area (Å²) in [7, 11) is 0. The summed E-state index contributed by atoms with van der Waals surface area (Å²) in [5.41, 5.74) is 1.26. The largest absolute Gasteiger partial charge is 0.443 e. The van der Waals surface area contributed by atoms with E-state index < -0.39 is 5.82 Å². The molecule has 4 heterocycles. The van der Waals surface area contributed by atoms with E-state index >= 15 is 0 Å². The number of nitrogens with zero attached hydrogens (tertiary/aromatic N) is 3. The van der Waals surface area contributed by atoms with Gasteiger partial charge in [-0.1, -0.05) is 18.0 Å². The third-order valence-corrected chi connectivity index (χ3v) is 4.74. The number of rotatable bonds is 5. The summed E-state index contributed by atoms with van der Waals surface area (Å²) in [6, 6.07) is 1.42. The van der Waals surface area contributed by atoms with Crippen molar-refractivity contribution in [2.24, 2.45) is 0 Å². The van der Waals surface area contributed by atoms with E-state index in [1.54, 1.807) is 12.3 Å². The van der Waals surface area contributed by atoms with Crippen LogP contribution in [0.1, 0.15) is 19.3 Å². The van der Waals surface area contributed by atoms with Gasteiger partial charge in [0.05, 0.1) is 11.2 Å². The molecule has 146 valence electrons. The van der Waals surface area contributed by atoms with Gasteiger partial charge >= 0.3 is 5.97 Å². The highest BCUT2D eigenvalue weighted by Gasteiger charge is 2.22. The lowest BCUT2D eigenvalue weighted by Crippen LogP contribution is -2.41. The molecule has 0 saturated carbocycles. The molecule has 1 fully saturated rings. The third kappa shape index (κ3) is 3.90. The number of hydrogen-bond acceptors (Lipinski definition) is 7. The molecule has 1 unspecified atom stereocenters. The molecule has 1 atom stereocenters. The number of fused-ring (bicyclic) bond motifs is 1. The van der Waals surface area contributed by atoms with Crippen molar-refractivity contribution in [3.8, 4) is 11.4 Å². The molecule has 3 aromatic heterocycles. The Morgan fingerprint density at radius 3 is 3.07 bits per heavy atom. The summed E-state index contributed by atoms with van der Waals surface area (Å²) in [5.74, 6) is -0.774. The molecule has 0 spiro atoms. The molecule has 8 nitrogen and oxygen atoms in total. The Bertz CT molecular complexity index is 1000. The van der Waals surface area contributed by atoms with Gasteiger partial charge in [-0.15, -0.1) is 0 Å². The highest BCUT2D eigenvalue weighted by atomic mass is 35.5. The van der Waals surface area contributed by atoms with Crippen LogP contribution in [0.5, 0.6) is 0 Å². The van der Waals surface area contributed by atoms with Gasteiger partial charge in [-0.25, -0.2) is 19.3 Å². The van der Waals surface area contributed by atoms with Crippen LogP contribution in [0.4, 0.5) is 10.2 Å². The average molecular weight is 405 g/mol. The Morgan fingerprint density at radius 1 is 1.36 bits per heavy atom. The summed E-state index contributed by atoms with van der Waals surface area (Å²) in [6.45, 7) is 0.603. The third-order valence-electron chi connectivity index (χ3n) is 4.53. The number of aromatic nitrogens is 4. The van der Waals surface area contributed by atoms with E-state index in [-0.39, 0.29) is 24.6 Å². The van der Waals surface area contributed by atoms with Crippen molar-refractivity contribution in [2.45, 2.75) is 25.3 Å². The molecule has 0 radical (unpaired) electrons. The topological polar surface area (TPSA) is 105 Å². The Labute approximate surface area is 164 Å². The Kier molecular flexibility index (Phi) is 5.36. The second-order valence-electron chi connectivity index (χ2n) is 6.43. The van der Waals surface area contributed by atoms with E-state index in [0.717, 1.165) is 37.4 Å². The van der Waals surface area contributed by atoms with Crippen LogP contribution in [-0.4, -0.2) is 45.2 Å². The number of carbonyl (C=O) groups excluding carboxylic acids is 1. The van der Waals surface area contributed by atoms with Gasteiger partial charge in [0.2, 0.25) is 0 Å². The first kappa shape index (κ1) is 18.6. The zero-order valence-electron chi connectivity index (χ0n) is 14.8. The number of carbonyl (C=O) groups is 1. The molecule has 0 amide bonds. The molecule has 1 saturated heterocycles. The van der Waals surface area contributed by atoms with Gasteiger partial charge in [-0.05, 0) is 25.5 Å². The van der Waals surface area contributed by atoms with Crippen LogP contribution in [0, 0.1) is 5.82 Å². The lowest BCUT2D eigenvalue weighted by Gasteiger charge is -2.21. The molecule has 10 heteroatoms. The number of ether oxygens (including phenoxy) is 1. The summed E-state index contributed by atoms with van der Waals surface area (Å²) in [6.07, 6.45) is 7.03. The minimum atomic E-state index is -0.647.